The van der Waals surface area contributed by atoms with Crippen molar-refractivity contribution < 1.29 is 14.6 Å². The SMILES string of the molecule is N=C1C=CC(OC(=O)c2ccc(O)cc2)=CC1. The Morgan fingerprint density at radius 1 is 1.24 bits per heavy atom. The molecule has 86 valence electrons. The van der Waals surface area contributed by atoms with E-state index in [1.165, 1.54) is 24.3 Å². The lowest BCUT2D eigenvalue weighted by molar-refractivity contribution is 0.0636. The first kappa shape index (κ1) is 11.1. The number of rotatable bonds is 2. The van der Waals surface area contributed by atoms with Gasteiger partial charge in [-0.15, -0.1) is 0 Å². The summed E-state index contributed by atoms with van der Waals surface area (Å²) in [6, 6.07) is 5.84. The maximum absolute atomic E-state index is 11.7. The minimum Gasteiger partial charge on any atom is -0.508 e. The summed E-state index contributed by atoms with van der Waals surface area (Å²) >= 11 is 0. The van der Waals surface area contributed by atoms with Crippen LogP contribution in [0.25, 0.3) is 0 Å². The largest absolute Gasteiger partial charge is 0.508 e. The zero-order chi connectivity index (χ0) is 12.3. The molecule has 0 aliphatic heterocycles. The predicted molar refractivity (Wildman–Crippen MR) is 63.1 cm³/mol. The Morgan fingerprint density at radius 3 is 2.53 bits per heavy atom. The van der Waals surface area contributed by atoms with E-state index in [9.17, 15) is 4.79 Å². The fourth-order valence-electron chi connectivity index (χ4n) is 1.37. The number of nitrogens with one attached hydrogen (secondary N) is 1. The van der Waals surface area contributed by atoms with Crippen LogP contribution in [0.4, 0.5) is 0 Å². The molecule has 0 heterocycles. The van der Waals surface area contributed by atoms with E-state index in [2.05, 4.69) is 0 Å². The maximum Gasteiger partial charge on any atom is 0.343 e. The lowest BCUT2D eigenvalue weighted by atomic mass is 10.1. The Balaban J connectivity index is 2.05. The molecule has 0 radical (unpaired) electrons. The Labute approximate surface area is 98.4 Å². The molecule has 0 atom stereocenters. The first-order chi connectivity index (χ1) is 8.15. The minimum atomic E-state index is -0.477. The van der Waals surface area contributed by atoms with E-state index in [0.717, 1.165) is 0 Å². The number of hydrogen-bond acceptors (Lipinski definition) is 4. The summed E-state index contributed by atoms with van der Waals surface area (Å²) in [5, 5.41) is 16.4. The van der Waals surface area contributed by atoms with Crippen molar-refractivity contribution in [2.24, 2.45) is 0 Å². The van der Waals surface area contributed by atoms with Crippen LogP contribution >= 0.6 is 0 Å². The highest BCUT2D eigenvalue weighted by Crippen LogP contribution is 2.14. The number of esters is 1. The molecule has 17 heavy (non-hydrogen) atoms. The number of benzene rings is 1. The highest BCUT2D eigenvalue weighted by atomic mass is 16.5. The number of hydrogen-bond donors (Lipinski definition) is 2. The van der Waals surface area contributed by atoms with Gasteiger partial charge in [0.05, 0.1) is 5.56 Å². The number of carbonyl (C=O) groups excluding carboxylic acids is 1. The Morgan fingerprint density at radius 2 is 1.94 bits per heavy atom. The average molecular weight is 229 g/mol. The number of carbonyl (C=O) groups is 1. The monoisotopic (exact) mass is 229 g/mol. The number of phenols is 1. The molecular weight excluding hydrogens is 218 g/mol. The van der Waals surface area contributed by atoms with Crippen LogP contribution in [0.1, 0.15) is 16.8 Å². The van der Waals surface area contributed by atoms with E-state index < -0.39 is 5.97 Å². The summed E-state index contributed by atoms with van der Waals surface area (Å²) in [6.07, 6.45) is 5.33. The van der Waals surface area contributed by atoms with Crippen LogP contribution in [0, 0.1) is 5.41 Å². The quantitative estimate of drug-likeness (QED) is 0.765. The lowest BCUT2D eigenvalue weighted by Gasteiger charge is -2.08. The van der Waals surface area contributed by atoms with E-state index in [1.807, 2.05) is 0 Å². The molecule has 0 saturated carbocycles. The van der Waals surface area contributed by atoms with Crippen molar-refractivity contribution in [2.75, 3.05) is 0 Å². The third-order valence-electron chi connectivity index (χ3n) is 2.29. The molecule has 0 aromatic heterocycles. The Bertz CT molecular complexity index is 512. The van der Waals surface area contributed by atoms with Gasteiger partial charge in [0.2, 0.25) is 0 Å². The summed E-state index contributed by atoms with van der Waals surface area (Å²) in [7, 11) is 0. The molecule has 0 bridgehead atoms. The van der Waals surface area contributed by atoms with Crippen molar-refractivity contribution in [3.63, 3.8) is 0 Å². The van der Waals surface area contributed by atoms with Crippen LogP contribution in [0.2, 0.25) is 0 Å². The first-order valence-corrected chi connectivity index (χ1v) is 5.12. The second-order valence-corrected chi connectivity index (χ2v) is 3.61. The molecule has 2 N–H and O–H groups in total. The summed E-state index contributed by atoms with van der Waals surface area (Å²) in [5.41, 5.74) is 0.854. The van der Waals surface area contributed by atoms with Crippen LogP contribution in [-0.4, -0.2) is 16.8 Å². The van der Waals surface area contributed by atoms with Gasteiger partial charge in [-0.25, -0.2) is 4.79 Å². The highest BCUT2D eigenvalue weighted by molar-refractivity contribution is 5.95. The average Bonchev–Trinajstić information content (AvgIpc) is 2.33. The molecule has 1 aliphatic rings. The zero-order valence-electron chi connectivity index (χ0n) is 9.01. The second-order valence-electron chi connectivity index (χ2n) is 3.61. The second kappa shape index (κ2) is 4.65. The maximum atomic E-state index is 11.7. The topological polar surface area (TPSA) is 70.4 Å². The third-order valence-corrected chi connectivity index (χ3v) is 2.29. The van der Waals surface area contributed by atoms with Crippen molar-refractivity contribution in [3.05, 3.63) is 53.8 Å². The summed E-state index contributed by atoms with van der Waals surface area (Å²) < 4.78 is 5.12. The fourth-order valence-corrected chi connectivity index (χ4v) is 1.37. The highest BCUT2D eigenvalue weighted by Gasteiger charge is 2.10. The molecule has 4 heteroatoms. The molecule has 1 aromatic carbocycles. The fraction of sp³-hybridized carbons (Fsp3) is 0.0769. The molecule has 0 spiro atoms. The van der Waals surface area contributed by atoms with Gasteiger partial charge < -0.3 is 15.3 Å². The number of ether oxygens (including phenoxy) is 1. The number of aromatic hydroxyl groups is 1. The minimum absolute atomic E-state index is 0.103. The Hall–Kier alpha value is -2.36. The van der Waals surface area contributed by atoms with Gasteiger partial charge in [0.15, 0.2) is 0 Å². The van der Waals surface area contributed by atoms with Gasteiger partial charge in [-0.1, -0.05) is 0 Å². The smallest absolute Gasteiger partial charge is 0.343 e. The first-order valence-electron chi connectivity index (χ1n) is 5.12. The van der Waals surface area contributed by atoms with Crippen LogP contribution in [0.5, 0.6) is 5.75 Å². The molecule has 0 fully saturated rings. The molecule has 4 nitrogen and oxygen atoms in total. The molecule has 0 unspecified atom stereocenters. The van der Waals surface area contributed by atoms with Gasteiger partial charge in [0.25, 0.3) is 0 Å². The van der Waals surface area contributed by atoms with E-state index in [-0.39, 0.29) is 5.75 Å². The predicted octanol–water partition coefficient (Wildman–Crippen LogP) is 2.41. The van der Waals surface area contributed by atoms with Crippen LogP contribution in [-0.2, 0) is 4.74 Å². The summed E-state index contributed by atoms with van der Waals surface area (Å²) in [5.74, 6) is 0.0696. The molecule has 0 saturated heterocycles. The van der Waals surface area contributed by atoms with Crippen molar-refractivity contribution in [3.8, 4) is 5.75 Å². The molecule has 1 aromatic rings. The van der Waals surface area contributed by atoms with Gasteiger partial charge >= 0.3 is 5.97 Å². The van der Waals surface area contributed by atoms with Crippen molar-refractivity contribution in [1.29, 1.82) is 5.41 Å². The lowest BCUT2D eigenvalue weighted by Crippen LogP contribution is -2.06. The zero-order valence-corrected chi connectivity index (χ0v) is 9.01. The summed E-state index contributed by atoms with van der Waals surface area (Å²) in [4.78, 5) is 11.7. The van der Waals surface area contributed by atoms with Crippen molar-refractivity contribution >= 4 is 11.7 Å². The van der Waals surface area contributed by atoms with Crippen LogP contribution < -0.4 is 0 Å². The van der Waals surface area contributed by atoms with Gasteiger partial charge in [-0.05, 0) is 42.5 Å². The Kier molecular flexibility index (Phi) is 3.05. The van der Waals surface area contributed by atoms with E-state index in [1.54, 1.807) is 18.2 Å². The van der Waals surface area contributed by atoms with Gasteiger partial charge in [-0.3, -0.25) is 0 Å². The standard InChI is InChI=1S/C13H11NO3/c14-10-3-7-12(8-4-10)17-13(16)9-1-5-11(15)6-2-9/h1-3,5-8,14-15H,4H2. The van der Waals surface area contributed by atoms with Gasteiger partial charge in [0.1, 0.15) is 11.5 Å². The summed E-state index contributed by atoms with van der Waals surface area (Å²) in [6.45, 7) is 0. The van der Waals surface area contributed by atoms with Crippen molar-refractivity contribution in [2.45, 2.75) is 6.42 Å². The molecule has 0 amide bonds. The van der Waals surface area contributed by atoms with E-state index >= 15 is 0 Å². The van der Waals surface area contributed by atoms with Crippen LogP contribution in [0.3, 0.4) is 0 Å². The van der Waals surface area contributed by atoms with Gasteiger partial charge in [-0.2, -0.15) is 0 Å². The molecule has 2 rings (SSSR count). The van der Waals surface area contributed by atoms with E-state index in [0.29, 0.717) is 23.5 Å². The molecule has 1 aliphatic carbocycles. The number of phenolic OH excluding ortho intramolecular Hbond substituents is 1. The normalized spacial score (nSPS) is 14.4. The van der Waals surface area contributed by atoms with Crippen LogP contribution in [0.15, 0.2) is 48.3 Å². The van der Waals surface area contributed by atoms with Crippen molar-refractivity contribution in [1.82, 2.24) is 0 Å². The van der Waals surface area contributed by atoms with E-state index in [4.69, 9.17) is 15.3 Å². The third kappa shape index (κ3) is 2.81. The molecular formula is C13H11NO3. The van der Waals surface area contributed by atoms with Gasteiger partial charge in [0, 0.05) is 12.1 Å². The number of allylic oxidation sites excluding steroid dienone is 3.